The molecule has 8 nitrogen and oxygen atoms in total. The van der Waals surface area contributed by atoms with Crippen molar-refractivity contribution in [2.75, 3.05) is 36.4 Å². The van der Waals surface area contributed by atoms with E-state index in [1.165, 1.54) is 12.1 Å². The number of nitrogens with one attached hydrogen (secondary N) is 1. The second-order valence-corrected chi connectivity index (χ2v) is 5.65. The number of thiocarbonyl (C=S) groups is 1. The van der Waals surface area contributed by atoms with Crippen LogP contribution in [0.25, 0.3) is 0 Å². The summed E-state index contributed by atoms with van der Waals surface area (Å²) >= 11 is 5.42. The first-order chi connectivity index (χ1) is 11.6. The zero-order valence-electron chi connectivity index (χ0n) is 12.8. The van der Waals surface area contributed by atoms with E-state index >= 15 is 0 Å². The Morgan fingerprint density at radius 1 is 1.17 bits per heavy atom. The van der Waals surface area contributed by atoms with Crippen molar-refractivity contribution in [3.05, 3.63) is 52.8 Å². The Morgan fingerprint density at radius 2 is 1.88 bits per heavy atom. The van der Waals surface area contributed by atoms with E-state index in [1.54, 1.807) is 30.6 Å². The Bertz CT molecular complexity index is 734. The number of hydrogen-bond acceptors (Lipinski definition) is 6. The van der Waals surface area contributed by atoms with E-state index in [4.69, 9.17) is 12.2 Å². The molecule has 1 saturated heterocycles. The number of anilines is 2. The zero-order chi connectivity index (χ0) is 16.9. The lowest BCUT2D eigenvalue weighted by Crippen LogP contribution is -2.50. The molecule has 0 radical (unpaired) electrons. The van der Waals surface area contributed by atoms with Crippen LogP contribution in [0, 0.1) is 10.1 Å². The van der Waals surface area contributed by atoms with E-state index in [0.717, 1.165) is 32.1 Å². The summed E-state index contributed by atoms with van der Waals surface area (Å²) in [5.41, 5.74) is 0.650. The monoisotopic (exact) mass is 344 g/mol. The van der Waals surface area contributed by atoms with Gasteiger partial charge in [-0.05, 0) is 24.4 Å². The molecule has 2 aromatic rings. The molecule has 1 aliphatic rings. The highest BCUT2D eigenvalue weighted by molar-refractivity contribution is 7.80. The van der Waals surface area contributed by atoms with E-state index in [9.17, 15) is 10.1 Å². The van der Waals surface area contributed by atoms with Gasteiger partial charge in [-0.3, -0.25) is 10.1 Å². The number of nitro benzene ring substituents is 1. The third-order valence-electron chi connectivity index (χ3n) is 3.71. The van der Waals surface area contributed by atoms with Crippen molar-refractivity contribution in [1.29, 1.82) is 0 Å². The summed E-state index contributed by atoms with van der Waals surface area (Å²) in [5, 5.41) is 14.5. The lowest BCUT2D eigenvalue weighted by atomic mass is 10.3. The van der Waals surface area contributed by atoms with Crippen molar-refractivity contribution < 1.29 is 4.92 Å². The van der Waals surface area contributed by atoms with Crippen LogP contribution in [-0.4, -0.2) is 51.1 Å². The predicted octanol–water partition coefficient (Wildman–Crippen LogP) is 1.90. The maximum atomic E-state index is 10.8. The van der Waals surface area contributed by atoms with Crippen molar-refractivity contribution in [3.63, 3.8) is 0 Å². The summed E-state index contributed by atoms with van der Waals surface area (Å²) in [4.78, 5) is 23.0. The number of nitrogens with zero attached hydrogens (tertiary/aromatic N) is 5. The summed E-state index contributed by atoms with van der Waals surface area (Å²) < 4.78 is 0. The van der Waals surface area contributed by atoms with Gasteiger partial charge in [-0.15, -0.1) is 0 Å². The molecular weight excluding hydrogens is 328 g/mol. The fourth-order valence-electron chi connectivity index (χ4n) is 2.46. The van der Waals surface area contributed by atoms with Crippen molar-refractivity contribution in [2.24, 2.45) is 0 Å². The Kier molecular flexibility index (Phi) is 4.80. The van der Waals surface area contributed by atoms with Crippen LogP contribution >= 0.6 is 12.2 Å². The molecule has 0 amide bonds. The highest BCUT2D eigenvalue weighted by Gasteiger charge is 2.20. The molecule has 1 aromatic carbocycles. The molecule has 9 heteroatoms. The van der Waals surface area contributed by atoms with Gasteiger partial charge < -0.3 is 15.1 Å². The first-order valence-electron chi connectivity index (χ1n) is 7.46. The average Bonchev–Trinajstić information content (AvgIpc) is 2.63. The Balaban J connectivity index is 1.57. The summed E-state index contributed by atoms with van der Waals surface area (Å²) in [5.74, 6) is 0.717. The molecule has 0 aliphatic carbocycles. The molecule has 3 rings (SSSR count). The third kappa shape index (κ3) is 3.74. The maximum absolute atomic E-state index is 10.8. The van der Waals surface area contributed by atoms with Crippen LogP contribution in [0.1, 0.15) is 0 Å². The van der Waals surface area contributed by atoms with Crippen LogP contribution in [0.3, 0.4) is 0 Å². The fraction of sp³-hybridized carbons (Fsp3) is 0.267. The van der Waals surface area contributed by atoms with Gasteiger partial charge in [0.25, 0.3) is 5.69 Å². The Labute approximate surface area is 144 Å². The SMILES string of the molecule is O=[N+]([O-])c1cccc(NC(=S)N2CCN(c3ncccn3)CC2)c1. The summed E-state index contributed by atoms with van der Waals surface area (Å²) in [6, 6.07) is 8.10. The van der Waals surface area contributed by atoms with Crippen LogP contribution in [0.4, 0.5) is 17.3 Å². The molecule has 0 bridgehead atoms. The molecule has 1 aromatic heterocycles. The molecule has 124 valence electrons. The van der Waals surface area contributed by atoms with Crippen LogP contribution in [0.15, 0.2) is 42.7 Å². The Hall–Kier alpha value is -2.81. The molecule has 1 N–H and O–H groups in total. The average molecular weight is 344 g/mol. The van der Waals surface area contributed by atoms with E-state index in [2.05, 4.69) is 20.2 Å². The summed E-state index contributed by atoms with van der Waals surface area (Å²) in [7, 11) is 0. The minimum atomic E-state index is -0.424. The highest BCUT2D eigenvalue weighted by atomic mass is 32.1. The molecular formula is C15H16N6O2S. The van der Waals surface area contributed by atoms with E-state index in [1.807, 2.05) is 4.90 Å². The summed E-state index contributed by atoms with van der Waals surface area (Å²) in [6.45, 7) is 3.00. The van der Waals surface area contributed by atoms with Gasteiger partial charge >= 0.3 is 0 Å². The van der Waals surface area contributed by atoms with Crippen molar-refractivity contribution in [1.82, 2.24) is 14.9 Å². The van der Waals surface area contributed by atoms with E-state index in [-0.39, 0.29) is 5.69 Å². The topological polar surface area (TPSA) is 87.4 Å². The zero-order valence-corrected chi connectivity index (χ0v) is 13.6. The van der Waals surface area contributed by atoms with Gasteiger partial charge in [-0.1, -0.05) is 6.07 Å². The molecule has 0 spiro atoms. The van der Waals surface area contributed by atoms with Gasteiger partial charge in [0.05, 0.1) is 4.92 Å². The largest absolute Gasteiger partial charge is 0.345 e. The fourth-order valence-corrected chi connectivity index (χ4v) is 2.76. The molecule has 0 saturated carbocycles. The minimum absolute atomic E-state index is 0.0360. The van der Waals surface area contributed by atoms with Gasteiger partial charge in [0.1, 0.15) is 0 Å². The number of nitro groups is 1. The van der Waals surface area contributed by atoms with Crippen LogP contribution in [-0.2, 0) is 0 Å². The number of hydrogen-bond donors (Lipinski definition) is 1. The first-order valence-corrected chi connectivity index (χ1v) is 7.86. The number of non-ortho nitro benzene ring substituents is 1. The number of rotatable bonds is 3. The number of piperazine rings is 1. The Morgan fingerprint density at radius 3 is 2.54 bits per heavy atom. The quantitative estimate of drug-likeness (QED) is 0.513. The number of aromatic nitrogens is 2. The highest BCUT2D eigenvalue weighted by Crippen LogP contribution is 2.18. The van der Waals surface area contributed by atoms with E-state index in [0.29, 0.717) is 10.8 Å². The predicted molar refractivity (Wildman–Crippen MR) is 95.1 cm³/mol. The van der Waals surface area contributed by atoms with Gasteiger partial charge in [-0.2, -0.15) is 0 Å². The minimum Gasteiger partial charge on any atom is -0.345 e. The second kappa shape index (κ2) is 7.18. The van der Waals surface area contributed by atoms with Gasteiger partial charge in [0.15, 0.2) is 5.11 Å². The normalized spacial score (nSPS) is 14.3. The number of benzene rings is 1. The molecule has 24 heavy (non-hydrogen) atoms. The molecule has 1 fully saturated rings. The van der Waals surface area contributed by atoms with Gasteiger partial charge in [-0.25, -0.2) is 9.97 Å². The smallest absolute Gasteiger partial charge is 0.271 e. The first kappa shape index (κ1) is 16.1. The third-order valence-corrected chi connectivity index (χ3v) is 4.07. The van der Waals surface area contributed by atoms with Crippen molar-refractivity contribution in [3.8, 4) is 0 Å². The van der Waals surface area contributed by atoms with Gasteiger partial charge in [0.2, 0.25) is 5.95 Å². The molecule has 2 heterocycles. The van der Waals surface area contributed by atoms with E-state index < -0.39 is 4.92 Å². The van der Waals surface area contributed by atoms with Crippen LogP contribution in [0.2, 0.25) is 0 Å². The molecule has 0 unspecified atom stereocenters. The lowest BCUT2D eigenvalue weighted by Gasteiger charge is -2.36. The van der Waals surface area contributed by atoms with Crippen molar-refractivity contribution >= 4 is 34.7 Å². The van der Waals surface area contributed by atoms with Crippen LogP contribution in [0.5, 0.6) is 0 Å². The summed E-state index contributed by atoms with van der Waals surface area (Å²) in [6.07, 6.45) is 3.45. The van der Waals surface area contributed by atoms with Crippen LogP contribution < -0.4 is 10.2 Å². The maximum Gasteiger partial charge on any atom is 0.271 e. The van der Waals surface area contributed by atoms with Crippen molar-refractivity contribution in [2.45, 2.75) is 0 Å². The second-order valence-electron chi connectivity index (χ2n) is 5.26. The molecule has 0 atom stereocenters. The standard InChI is InChI=1S/C15H16N6O2S/c22-21(23)13-4-1-3-12(11-13)18-15(24)20-9-7-19(8-10-20)14-16-5-2-6-17-14/h1-6,11H,7-10H2,(H,18,24). The van der Waals surface area contributed by atoms with Gasteiger partial charge in [0, 0.05) is 56.4 Å². The molecule has 1 aliphatic heterocycles. The lowest BCUT2D eigenvalue weighted by molar-refractivity contribution is -0.384.